The summed E-state index contributed by atoms with van der Waals surface area (Å²) < 4.78 is 22.6. The molecule has 0 saturated carbocycles. The molecule has 0 amide bonds. The summed E-state index contributed by atoms with van der Waals surface area (Å²) in [6.45, 7) is 2.05. The third-order valence-corrected chi connectivity index (χ3v) is 5.15. The van der Waals surface area contributed by atoms with Crippen LogP contribution in [-0.4, -0.2) is 26.5 Å². The molecule has 98 valence electrons. The number of nitrogens with one attached hydrogen (secondary N) is 1. The fourth-order valence-corrected chi connectivity index (χ4v) is 3.65. The van der Waals surface area contributed by atoms with Gasteiger partial charge in [0, 0.05) is 22.4 Å². The highest BCUT2D eigenvalue weighted by molar-refractivity contribution is 7.98. The summed E-state index contributed by atoms with van der Waals surface area (Å²) in [6.07, 6.45) is 3.77. The highest BCUT2D eigenvalue weighted by Crippen LogP contribution is 2.20. The van der Waals surface area contributed by atoms with E-state index in [2.05, 4.69) is 29.6 Å². The van der Waals surface area contributed by atoms with Gasteiger partial charge < -0.3 is 5.32 Å². The van der Waals surface area contributed by atoms with Crippen molar-refractivity contribution in [3.05, 3.63) is 41.3 Å². The second kappa shape index (κ2) is 5.47. The first-order valence-electron chi connectivity index (χ1n) is 5.81. The summed E-state index contributed by atoms with van der Waals surface area (Å²) in [7, 11) is -2.98. The highest BCUT2D eigenvalue weighted by atomic mass is 32.2. The molecule has 2 atom stereocenters. The maximum absolute atomic E-state index is 11.3. The first kappa shape index (κ1) is 13.6. The van der Waals surface area contributed by atoms with Crippen LogP contribution in [0.25, 0.3) is 0 Å². The Bertz CT molecular complexity index is 535. The van der Waals surface area contributed by atoms with Crippen molar-refractivity contribution in [1.29, 1.82) is 0 Å². The van der Waals surface area contributed by atoms with Gasteiger partial charge >= 0.3 is 0 Å². The third kappa shape index (κ3) is 3.37. The van der Waals surface area contributed by atoms with Gasteiger partial charge in [-0.3, -0.25) is 0 Å². The van der Waals surface area contributed by atoms with Crippen LogP contribution < -0.4 is 5.32 Å². The summed E-state index contributed by atoms with van der Waals surface area (Å²) in [5.41, 5.74) is 1.17. The quantitative estimate of drug-likeness (QED) is 0.862. The molecular weight excluding hydrogens is 266 g/mol. The number of hydrogen-bond acceptors (Lipinski definition) is 4. The highest BCUT2D eigenvalue weighted by Gasteiger charge is 2.22. The predicted octanol–water partition coefficient (Wildman–Crippen LogP) is 2.37. The van der Waals surface area contributed by atoms with Gasteiger partial charge in [0.25, 0.3) is 0 Å². The molecule has 0 bridgehead atoms. The van der Waals surface area contributed by atoms with Gasteiger partial charge in [0.2, 0.25) is 0 Å². The van der Waals surface area contributed by atoms with E-state index in [-0.39, 0.29) is 17.8 Å². The predicted molar refractivity (Wildman–Crippen MR) is 76.5 cm³/mol. The Balaban J connectivity index is 1.99. The Morgan fingerprint density at radius 3 is 2.50 bits per heavy atom. The van der Waals surface area contributed by atoms with Gasteiger partial charge in [0.15, 0.2) is 9.84 Å². The lowest BCUT2D eigenvalue weighted by Gasteiger charge is -2.18. The fourth-order valence-electron chi connectivity index (χ4n) is 1.99. The van der Waals surface area contributed by atoms with Crippen LogP contribution in [0.3, 0.4) is 0 Å². The minimum Gasteiger partial charge on any atom is -0.303 e. The maximum atomic E-state index is 11.3. The molecule has 18 heavy (non-hydrogen) atoms. The average Bonchev–Trinajstić information content (AvgIpc) is 2.68. The van der Waals surface area contributed by atoms with Crippen molar-refractivity contribution in [2.45, 2.75) is 23.9 Å². The first-order chi connectivity index (χ1) is 8.50. The van der Waals surface area contributed by atoms with Crippen molar-refractivity contribution in [1.82, 2.24) is 5.32 Å². The van der Waals surface area contributed by atoms with E-state index in [1.165, 1.54) is 15.9 Å². The average molecular weight is 283 g/mol. The molecule has 1 heterocycles. The fraction of sp³-hybridized carbons (Fsp3) is 0.385. The van der Waals surface area contributed by atoms with Crippen molar-refractivity contribution < 1.29 is 8.42 Å². The monoisotopic (exact) mass is 283 g/mol. The number of rotatable bonds is 4. The topological polar surface area (TPSA) is 46.2 Å². The normalized spacial score (nSPS) is 23.1. The van der Waals surface area contributed by atoms with Gasteiger partial charge in [0.1, 0.15) is 0 Å². The zero-order valence-electron chi connectivity index (χ0n) is 10.5. The maximum Gasteiger partial charge on any atom is 0.173 e. The largest absolute Gasteiger partial charge is 0.303 e. The van der Waals surface area contributed by atoms with Gasteiger partial charge in [-0.25, -0.2) is 8.42 Å². The van der Waals surface area contributed by atoms with E-state index >= 15 is 0 Å². The zero-order valence-corrected chi connectivity index (χ0v) is 12.1. The van der Waals surface area contributed by atoms with Gasteiger partial charge in [-0.15, -0.1) is 11.8 Å². The molecule has 1 N–H and O–H groups in total. The van der Waals surface area contributed by atoms with Gasteiger partial charge in [-0.2, -0.15) is 0 Å². The summed E-state index contributed by atoms with van der Waals surface area (Å²) in [5.74, 6) is 0.167. The van der Waals surface area contributed by atoms with E-state index in [4.69, 9.17) is 0 Å². The lowest BCUT2D eigenvalue weighted by Crippen LogP contribution is -2.32. The second-order valence-electron chi connectivity index (χ2n) is 4.43. The smallest absolute Gasteiger partial charge is 0.173 e. The van der Waals surface area contributed by atoms with Crippen molar-refractivity contribution >= 4 is 21.6 Å². The zero-order chi connectivity index (χ0) is 13.2. The van der Waals surface area contributed by atoms with E-state index in [1.54, 1.807) is 17.8 Å². The molecule has 0 aromatic heterocycles. The molecule has 0 fully saturated rings. The van der Waals surface area contributed by atoms with Crippen LogP contribution in [0.15, 0.2) is 40.6 Å². The molecule has 1 aliphatic heterocycles. The first-order valence-corrected chi connectivity index (χ1v) is 8.75. The van der Waals surface area contributed by atoms with Crippen LogP contribution in [0, 0.1) is 0 Å². The Morgan fingerprint density at radius 2 is 2.00 bits per heavy atom. The van der Waals surface area contributed by atoms with Gasteiger partial charge in [-0.1, -0.05) is 18.2 Å². The molecule has 1 aromatic rings. The minimum absolute atomic E-state index is 0.0785. The lowest BCUT2D eigenvalue weighted by atomic mass is 10.1. The molecule has 5 heteroatoms. The second-order valence-corrected chi connectivity index (χ2v) is 7.24. The third-order valence-electron chi connectivity index (χ3n) is 3.01. The van der Waals surface area contributed by atoms with E-state index in [9.17, 15) is 8.42 Å². The molecule has 0 spiro atoms. The van der Waals surface area contributed by atoms with Crippen molar-refractivity contribution in [3.8, 4) is 0 Å². The summed E-state index contributed by atoms with van der Waals surface area (Å²) >= 11 is 1.71. The number of benzene rings is 1. The summed E-state index contributed by atoms with van der Waals surface area (Å²) in [5, 5.41) is 4.62. The SMILES string of the molecule is CSc1ccc(C(C)NC2C=CS(=O)(=O)C2)cc1. The van der Waals surface area contributed by atoms with Crippen LogP contribution in [-0.2, 0) is 9.84 Å². The number of sulfone groups is 1. The van der Waals surface area contributed by atoms with E-state index in [0.717, 1.165) is 0 Å². The molecule has 3 nitrogen and oxygen atoms in total. The van der Waals surface area contributed by atoms with Crippen LogP contribution in [0.5, 0.6) is 0 Å². The lowest BCUT2D eigenvalue weighted by molar-refractivity contribution is 0.535. The van der Waals surface area contributed by atoms with Crippen molar-refractivity contribution in [2.75, 3.05) is 12.0 Å². The van der Waals surface area contributed by atoms with E-state index in [0.29, 0.717) is 0 Å². The Labute approximate surface area is 113 Å². The summed E-state index contributed by atoms with van der Waals surface area (Å²) in [6, 6.07) is 8.39. The van der Waals surface area contributed by atoms with Gasteiger partial charge in [-0.05, 0) is 30.9 Å². The van der Waals surface area contributed by atoms with Crippen LogP contribution in [0.2, 0.25) is 0 Å². The Morgan fingerprint density at radius 1 is 1.33 bits per heavy atom. The van der Waals surface area contributed by atoms with Gasteiger partial charge in [0.05, 0.1) is 5.75 Å². The Hall–Kier alpha value is -0.780. The molecule has 2 rings (SSSR count). The van der Waals surface area contributed by atoms with Crippen LogP contribution in [0.1, 0.15) is 18.5 Å². The molecule has 0 aliphatic carbocycles. The Kier molecular flexibility index (Phi) is 4.14. The molecule has 0 radical (unpaired) electrons. The van der Waals surface area contributed by atoms with Crippen LogP contribution >= 0.6 is 11.8 Å². The standard InChI is InChI=1S/C13H17NO2S2/c1-10(11-3-5-13(17-2)6-4-11)14-12-7-8-18(15,16)9-12/h3-8,10,12,14H,9H2,1-2H3. The molecular formula is C13H17NO2S2. The van der Waals surface area contributed by atoms with Crippen molar-refractivity contribution in [2.24, 2.45) is 0 Å². The van der Waals surface area contributed by atoms with Crippen molar-refractivity contribution in [3.63, 3.8) is 0 Å². The number of hydrogen-bond donors (Lipinski definition) is 1. The van der Waals surface area contributed by atoms with Crippen LogP contribution in [0.4, 0.5) is 0 Å². The number of thioether (sulfide) groups is 1. The van der Waals surface area contributed by atoms with E-state index in [1.807, 2.05) is 13.2 Å². The molecule has 2 unspecified atom stereocenters. The minimum atomic E-state index is -2.98. The molecule has 1 aromatic carbocycles. The molecule has 0 saturated heterocycles. The molecule has 1 aliphatic rings. The summed E-state index contributed by atoms with van der Waals surface area (Å²) in [4.78, 5) is 1.23. The van der Waals surface area contributed by atoms with E-state index < -0.39 is 9.84 Å².